The zero-order valence-corrected chi connectivity index (χ0v) is 23.9. The minimum absolute atomic E-state index is 0.176. The summed E-state index contributed by atoms with van der Waals surface area (Å²) in [4.78, 5) is 30.5. The topological polar surface area (TPSA) is 84.0 Å². The minimum atomic E-state index is -0.576. The molecule has 0 aliphatic rings. The number of halogens is 2. The van der Waals surface area contributed by atoms with Gasteiger partial charge in [-0.05, 0) is 79.0 Å². The molecule has 9 heteroatoms. The molecular weight excluding hydrogens is 594 g/mol. The molecule has 0 N–H and O–H groups in total. The van der Waals surface area contributed by atoms with Crippen LogP contribution in [0.25, 0.3) is 11.1 Å². The first-order valence-corrected chi connectivity index (χ1v) is 12.9. The van der Waals surface area contributed by atoms with E-state index in [2.05, 4.69) is 36.8 Å². The SMILES string of the molecule is CCOC(=O)c1c(C)nc(C)c(C(=O)OCC)c1-c1cc(Br)c(OCc2cccc(Br)c2)c(OC)c1. The van der Waals surface area contributed by atoms with Gasteiger partial charge in [-0.2, -0.15) is 0 Å². The number of benzene rings is 2. The number of hydrogen-bond acceptors (Lipinski definition) is 7. The highest BCUT2D eigenvalue weighted by atomic mass is 79.9. The van der Waals surface area contributed by atoms with Crippen LogP contribution in [0.2, 0.25) is 0 Å². The summed E-state index contributed by atoms with van der Waals surface area (Å²) in [6.07, 6.45) is 0. The van der Waals surface area contributed by atoms with Crippen molar-refractivity contribution >= 4 is 43.8 Å². The van der Waals surface area contributed by atoms with Gasteiger partial charge in [-0.25, -0.2) is 9.59 Å². The van der Waals surface area contributed by atoms with Crippen LogP contribution in [0.3, 0.4) is 0 Å². The second-order valence-corrected chi connectivity index (χ2v) is 9.53. The van der Waals surface area contributed by atoms with Gasteiger partial charge in [-0.1, -0.05) is 28.1 Å². The third kappa shape index (κ3) is 6.07. The van der Waals surface area contributed by atoms with E-state index in [9.17, 15) is 9.59 Å². The third-order valence-corrected chi connectivity index (χ3v) is 6.39. The lowest BCUT2D eigenvalue weighted by molar-refractivity contribution is 0.0525. The molecule has 0 aliphatic carbocycles. The first kappa shape index (κ1) is 27.7. The van der Waals surface area contributed by atoms with Gasteiger partial charge in [0.05, 0.1) is 47.3 Å². The largest absolute Gasteiger partial charge is 0.493 e. The van der Waals surface area contributed by atoms with Crippen molar-refractivity contribution in [3.8, 4) is 22.6 Å². The number of carbonyl (C=O) groups excluding carboxylic acids is 2. The fourth-order valence-corrected chi connectivity index (χ4v) is 4.83. The van der Waals surface area contributed by atoms with Gasteiger partial charge in [0.15, 0.2) is 11.5 Å². The van der Waals surface area contributed by atoms with Crippen LogP contribution < -0.4 is 9.47 Å². The number of aromatic nitrogens is 1. The van der Waals surface area contributed by atoms with E-state index in [-0.39, 0.29) is 24.3 Å². The van der Waals surface area contributed by atoms with Crippen LogP contribution in [0, 0.1) is 13.8 Å². The molecule has 190 valence electrons. The van der Waals surface area contributed by atoms with Crippen molar-refractivity contribution in [2.75, 3.05) is 20.3 Å². The summed E-state index contributed by atoms with van der Waals surface area (Å²) < 4.78 is 23.9. The van der Waals surface area contributed by atoms with Crippen molar-refractivity contribution in [3.63, 3.8) is 0 Å². The Morgan fingerprint density at radius 1 is 0.917 bits per heavy atom. The van der Waals surface area contributed by atoms with Crippen LogP contribution in [-0.4, -0.2) is 37.2 Å². The molecule has 1 aromatic heterocycles. The predicted molar refractivity (Wildman–Crippen MR) is 144 cm³/mol. The lowest BCUT2D eigenvalue weighted by Gasteiger charge is -2.20. The molecule has 0 saturated carbocycles. The lowest BCUT2D eigenvalue weighted by Crippen LogP contribution is -2.17. The molecule has 1 heterocycles. The number of rotatable bonds is 9. The van der Waals surface area contributed by atoms with Gasteiger partial charge in [-0.15, -0.1) is 0 Å². The Kier molecular flexibility index (Phi) is 9.50. The number of pyridine rings is 1. The Morgan fingerprint density at radius 2 is 1.53 bits per heavy atom. The molecule has 0 bridgehead atoms. The normalized spacial score (nSPS) is 10.6. The maximum Gasteiger partial charge on any atom is 0.340 e. The lowest BCUT2D eigenvalue weighted by atomic mass is 9.92. The molecule has 3 rings (SSSR count). The molecule has 0 atom stereocenters. The molecule has 0 amide bonds. The molecule has 0 spiro atoms. The number of aryl methyl sites for hydroxylation is 2. The summed E-state index contributed by atoms with van der Waals surface area (Å²) in [7, 11) is 1.53. The highest BCUT2D eigenvalue weighted by molar-refractivity contribution is 9.10. The van der Waals surface area contributed by atoms with Crippen molar-refractivity contribution < 1.29 is 28.5 Å². The maximum atomic E-state index is 13.0. The molecular formula is C27H27Br2NO6. The number of nitrogens with zero attached hydrogens (tertiary/aromatic N) is 1. The molecule has 2 aromatic carbocycles. The van der Waals surface area contributed by atoms with E-state index in [1.165, 1.54) is 7.11 Å². The van der Waals surface area contributed by atoms with E-state index in [1.807, 2.05) is 24.3 Å². The number of esters is 2. The number of methoxy groups -OCH3 is 1. The van der Waals surface area contributed by atoms with Crippen molar-refractivity contribution in [1.29, 1.82) is 0 Å². The summed E-state index contributed by atoms with van der Waals surface area (Å²) in [5.41, 5.74) is 3.17. The molecule has 0 aliphatic heterocycles. The Balaban J connectivity index is 2.19. The van der Waals surface area contributed by atoms with E-state index in [0.29, 0.717) is 45.1 Å². The summed E-state index contributed by atoms with van der Waals surface area (Å²) >= 11 is 7.05. The highest BCUT2D eigenvalue weighted by Crippen LogP contribution is 2.43. The van der Waals surface area contributed by atoms with Crippen molar-refractivity contribution in [2.45, 2.75) is 34.3 Å². The van der Waals surface area contributed by atoms with Gasteiger partial charge in [-0.3, -0.25) is 4.98 Å². The molecule has 3 aromatic rings. The second kappa shape index (κ2) is 12.4. The van der Waals surface area contributed by atoms with Crippen LogP contribution in [-0.2, 0) is 16.1 Å². The molecule has 7 nitrogen and oxygen atoms in total. The quantitative estimate of drug-likeness (QED) is 0.242. The standard InChI is InChI=1S/C27H27Br2NO6/c1-6-34-26(31)22-15(3)30-16(4)23(27(32)35-7-2)24(22)18-12-20(29)25(21(13-18)33-5)36-14-17-9-8-10-19(28)11-17/h8-13H,6-7,14H2,1-5H3. The van der Waals surface area contributed by atoms with E-state index >= 15 is 0 Å². The smallest absolute Gasteiger partial charge is 0.340 e. The molecule has 0 unspecified atom stereocenters. The van der Waals surface area contributed by atoms with Crippen molar-refractivity contribution in [2.24, 2.45) is 0 Å². The van der Waals surface area contributed by atoms with Gasteiger partial charge in [0.25, 0.3) is 0 Å². The van der Waals surface area contributed by atoms with Gasteiger partial charge in [0.1, 0.15) is 6.61 Å². The molecule has 0 fully saturated rings. The second-order valence-electron chi connectivity index (χ2n) is 7.76. The van der Waals surface area contributed by atoms with E-state index in [0.717, 1.165) is 10.0 Å². The Labute approximate surface area is 227 Å². The van der Waals surface area contributed by atoms with Crippen LogP contribution in [0.15, 0.2) is 45.3 Å². The van der Waals surface area contributed by atoms with Gasteiger partial charge in [0, 0.05) is 10.0 Å². The van der Waals surface area contributed by atoms with Gasteiger partial charge < -0.3 is 18.9 Å². The summed E-state index contributed by atoms with van der Waals surface area (Å²) in [6, 6.07) is 11.3. The molecule has 0 radical (unpaired) electrons. The zero-order valence-electron chi connectivity index (χ0n) is 20.7. The van der Waals surface area contributed by atoms with Crippen LogP contribution in [0.1, 0.15) is 51.5 Å². The van der Waals surface area contributed by atoms with Gasteiger partial charge in [0.2, 0.25) is 0 Å². The third-order valence-electron chi connectivity index (χ3n) is 5.31. The Hall–Kier alpha value is -2.91. The van der Waals surface area contributed by atoms with Crippen LogP contribution >= 0.6 is 31.9 Å². The summed E-state index contributed by atoms with van der Waals surface area (Å²) in [6.45, 7) is 7.52. The highest BCUT2D eigenvalue weighted by Gasteiger charge is 2.29. The zero-order chi connectivity index (χ0) is 26.4. The molecule has 0 saturated heterocycles. The summed E-state index contributed by atoms with van der Waals surface area (Å²) in [5, 5.41) is 0. The van der Waals surface area contributed by atoms with E-state index in [1.54, 1.807) is 39.8 Å². The number of carbonyl (C=O) groups is 2. The van der Waals surface area contributed by atoms with Crippen LogP contribution in [0.5, 0.6) is 11.5 Å². The first-order valence-electron chi connectivity index (χ1n) is 11.3. The Bertz CT molecular complexity index is 1250. The fourth-order valence-electron chi connectivity index (χ4n) is 3.83. The van der Waals surface area contributed by atoms with Crippen molar-refractivity contribution in [1.82, 2.24) is 4.98 Å². The molecule has 36 heavy (non-hydrogen) atoms. The number of hydrogen-bond donors (Lipinski definition) is 0. The minimum Gasteiger partial charge on any atom is -0.493 e. The average Bonchev–Trinajstić information content (AvgIpc) is 2.82. The Morgan fingerprint density at radius 3 is 2.06 bits per heavy atom. The average molecular weight is 621 g/mol. The van der Waals surface area contributed by atoms with Gasteiger partial charge >= 0.3 is 11.9 Å². The van der Waals surface area contributed by atoms with Crippen molar-refractivity contribution in [3.05, 3.63) is 73.4 Å². The monoisotopic (exact) mass is 619 g/mol. The summed E-state index contributed by atoms with van der Waals surface area (Å²) in [5.74, 6) is -0.244. The predicted octanol–water partition coefficient (Wildman–Crippen LogP) is 6.83. The fraction of sp³-hybridized carbons (Fsp3) is 0.296. The van der Waals surface area contributed by atoms with E-state index in [4.69, 9.17) is 18.9 Å². The van der Waals surface area contributed by atoms with E-state index < -0.39 is 11.9 Å². The number of ether oxygens (including phenoxy) is 4. The maximum absolute atomic E-state index is 13.0. The van der Waals surface area contributed by atoms with Crippen LogP contribution in [0.4, 0.5) is 0 Å². The first-order chi connectivity index (χ1) is 17.2.